The Balaban J connectivity index is 2.01. The molecule has 1 heterocycles. The van der Waals surface area contributed by atoms with E-state index in [1.54, 1.807) is 0 Å². The second-order valence-electron chi connectivity index (χ2n) is 5.31. The third kappa shape index (κ3) is 1.82. The van der Waals surface area contributed by atoms with Gasteiger partial charge in [-0.3, -0.25) is 4.90 Å². The quantitative estimate of drug-likeness (QED) is 0.732. The van der Waals surface area contributed by atoms with E-state index >= 15 is 0 Å². The van der Waals surface area contributed by atoms with Crippen molar-refractivity contribution in [3.63, 3.8) is 0 Å². The van der Waals surface area contributed by atoms with Gasteiger partial charge in [0.15, 0.2) is 0 Å². The van der Waals surface area contributed by atoms with Gasteiger partial charge in [0.2, 0.25) is 0 Å². The Bertz CT molecular complexity index is 177. The van der Waals surface area contributed by atoms with Crippen molar-refractivity contribution in [1.29, 1.82) is 0 Å². The van der Waals surface area contributed by atoms with Crippen molar-refractivity contribution < 1.29 is 0 Å². The first-order chi connectivity index (χ1) is 6.77. The van der Waals surface area contributed by atoms with Crippen LogP contribution in [0.4, 0.5) is 0 Å². The molecule has 0 aromatic heterocycles. The molecule has 2 N–H and O–H groups in total. The van der Waals surface area contributed by atoms with Crippen LogP contribution >= 0.6 is 0 Å². The summed E-state index contributed by atoms with van der Waals surface area (Å²) in [5.74, 6) is 0.928. The first kappa shape index (κ1) is 10.4. The molecule has 0 unspecified atom stereocenters. The van der Waals surface area contributed by atoms with Gasteiger partial charge in [-0.25, -0.2) is 0 Å². The average molecular weight is 196 g/mol. The molecule has 0 amide bonds. The second-order valence-corrected chi connectivity index (χ2v) is 5.31. The molecule has 1 aliphatic carbocycles. The van der Waals surface area contributed by atoms with Crippen LogP contribution in [0.3, 0.4) is 0 Å². The van der Waals surface area contributed by atoms with E-state index in [1.807, 2.05) is 0 Å². The zero-order chi connectivity index (χ0) is 10.0. The Labute approximate surface area is 87.8 Å². The fraction of sp³-hybridized carbons (Fsp3) is 1.00. The van der Waals surface area contributed by atoms with E-state index in [0.717, 1.165) is 12.5 Å². The van der Waals surface area contributed by atoms with Crippen molar-refractivity contribution in [1.82, 2.24) is 4.90 Å². The van der Waals surface area contributed by atoms with Gasteiger partial charge in [0.1, 0.15) is 0 Å². The van der Waals surface area contributed by atoms with Crippen LogP contribution in [-0.4, -0.2) is 30.1 Å². The zero-order valence-electron chi connectivity index (χ0n) is 9.47. The summed E-state index contributed by atoms with van der Waals surface area (Å²) in [5, 5.41) is 0. The van der Waals surface area contributed by atoms with Crippen molar-refractivity contribution in [2.45, 2.75) is 51.0 Å². The van der Waals surface area contributed by atoms with Gasteiger partial charge in [-0.15, -0.1) is 0 Å². The summed E-state index contributed by atoms with van der Waals surface area (Å²) >= 11 is 0. The Hall–Kier alpha value is -0.0800. The first-order valence-electron chi connectivity index (χ1n) is 6.22. The molecule has 2 heteroatoms. The summed E-state index contributed by atoms with van der Waals surface area (Å²) in [6, 6.07) is 0. The minimum absolute atomic E-state index is 0.392. The molecule has 82 valence electrons. The molecule has 0 aromatic carbocycles. The van der Waals surface area contributed by atoms with E-state index in [0.29, 0.717) is 5.54 Å². The van der Waals surface area contributed by atoms with Crippen LogP contribution in [0.15, 0.2) is 0 Å². The number of rotatable bonds is 2. The van der Waals surface area contributed by atoms with Crippen molar-refractivity contribution in [3.8, 4) is 0 Å². The van der Waals surface area contributed by atoms with Crippen LogP contribution in [-0.2, 0) is 0 Å². The number of hydrogen-bond donors (Lipinski definition) is 1. The summed E-state index contributed by atoms with van der Waals surface area (Å²) in [6.45, 7) is 5.85. The van der Waals surface area contributed by atoms with Gasteiger partial charge in [-0.1, -0.05) is 6.92 Å². The van der Waals surface area contributed by atoms with Crippen molar-refractivity contribution in [2.24, 2.45) is 11.7 Å². The molecule has 1 saturated carbocycles. The molecule has 1 aliphatic heterocycles. The van der Waals surface area contributed by atoms with Crippen molar-refractivity contribution >= 4 is 0 Å². The Kier molecular flexibility index (Phi) is 3.13. The third-order valence-electron chi connectivity index (χ3n) is 4.36. The summed E-state index contributed by atoms with van der Waals surface area (Å²) < 4.78 is 0. The van der Waals surface area contributed by atoms with E-state index < -0.39 is 0 Å². The number of nitrogens with zero attached hydrogens (tertiary/aromatic N) is 1. The predicted molar refractivity (Wildman–Crippen MR) is 60.2 cm³/mol. The normalized spacial score (nSPS) is 40.3. The molecule has 0 aromatic rings. The molecule has 14 heavy (non-hydrogen) atoms. The summed E-state index contributed by atoms with van der Waals surface area (Å²) in [7, 11) is 0. The molecule has 0 atom stereocenters. The van der Waals surface area contributed by atoms with Gasteiger partial charge < -0.3 is 5.73 Å². The van der Waals surface area contributed by atoms with Gasteiger partial charge in [-0.2, -0.15) is 0 Å². The highest BCUT2D eigenvalue weighted by Gasteiger charge is 2.39. The van der Waals surface area contributed by atoms with Crippen LogP contribution < -0.4 is 5.73 Å². The fourth-order valence-electron chi connectivity index (χ4n) is 3.14. The SMILES string of the molecule is CC1CCC(CN)(N2CCCC2)CC1. The molecular formula is C12H24N2. The van der Waals surface area contributed by atoms with Gasteiger partial charge >= 0.3 is 0 Å². The van der Waals surface area contributed by atoms with E-state index in [4.69, 9.17) is 5.73 Å². The van der Waals surface area contributed by atoms with E-state index in [9.17, 15) is 0 Å². The molecule has 2 rings (SSSR count). The van der Waals surface area contributed by atoms with Crippen LogP contribution in [0.1, 0.15) is 45.4 Å². The molecule has 1 saturated heterocycles. The lowest BCUT2D eigenvalue weighted by Gasteiger charge is -2.45. The van der Waals surface area contributed by atoms with Crippen LogP contribution in [0, 0.1) is 5.92 Å². The molecule has 2 nitrogen and oxygen atoms in total. The van der Waals surface area contributed by atoms with Gasteiger partial charge in [0.05, 0.1) is 0 Å². The highest BCUT2D eigenvalue weighted by atomic mass is 15.2. The molecule has 0 radical (unpaired) electrons. The van der Waals surface area contributed by atoms with E-state index in [2.05, 4.69) is 11.8 Å². The molecule has 0 spiro atoms. The maximum absolute atomic E-state index is 6.02. The topological polar surface area (TPSA) is 29.3 Å². The second kappa shape index (κ2) is 4.19. The zero-order valence-corrected chi connectivity index (χ0v) is 9.47. The smallest absolute Gasteiger partial charge is 0.0331 e. The maximum Gasteiger partial charge on any atom is 0.0331 e. The average Bonchev–Trinajstić information content (AvgIpc) is 2.73. The Morgan fingerprint density at radius 1 is 1.21 bits per heavy atom. The van der Waals surface area contributed by atoms with E-state index in [1.165, 1.54) is 51.6 Å². The van der Waals surface area contributed by atoms with E-state index in [-0.39, 0.29) is 0 Å². The molecular weight excluding hydrogens is 172 g/mol. The third-order valence-corrected chi connectivity index (χ3v) is 4.36. The Morgan fingerprint density at radius 3 is 2.29 bits per heavy atom. The minimum atomic E-state index is 0.392. The van der Waals surface area contributed by atoms with Crippen LogP contribution in [0.25, 0.3) is 0 Å². The Morgan fingerprint density at radius 2 is 1.79 bits per heavy atom. The number of nitrogens with two attached hydrogens (primary N) is 1. The standard InChI is InChI=1S/C12H24N2/c1-11-4-6-12(10-13,7-5-11)14-8-2-3-9-14/h11H,2-10,13H2,1H3. The first-order valence-corrected chi connectivity index (χ1v) is 6.22. The maximum atomic E-state index is 6.02. The fourth-order valence-corrected chi connectivity index (χ4v) is 3.14. The van der Waals surface area contributed by atoms with Crippen LogP contribution in [0.5, 0.6) is 0 Å². The molecule has 2 fully saturated rings. The highest BCUT2D eigenvalue weighted by molar-refractivity contribution is 4.96. The predicted octanol–water partition coefficient (Wildman–Crippen LogP) is 1.99. The summed E-state index contributed by atoms with van der Waals surface area (Å²) in [6.07, 6.45) is 8.21. The lowest BCUT2D eigenvalue weighted by molar-refractivity contribution is 0.0662. The summed E-state index contributed by atoms with van der Waals surface area (Å²) in [4.78, 5) is 2.68. The lowest BCUT2D eigenvalue weighted by atomic mass is 9.76. The largest absolute Gasteiger partial charge is 0.329 e. The van der Waals surface area contributed by atoms with Gasteiger partial charge in [0.25, 0.3) is 0 Å². The molecule has 0 bridgehead atoms. The minimum Gasteiger partial charge on any atom is -0.329 e. The van der Waals surface area contributed by atoms with Crippen molar-refractivity contribution in [3.05, 3.63) is 0 Å². The molecule has 2 aliphatic rings. The van der Waals surface area contributed by atoms with Crippen LogP contribution in [0.2, 0.25) is 0 Å². The summed E-state index contributed by atoms with van der Waals surface area (Å²) in [5.41, 5.74) is 6.41. The monoisotopic (exact) mass is 196 g/mol. The van der Waals surface area contributed by atoms with Gasteiger partial charge in [0, 0.05) is 12.1 Å². The number of likely N-dealkylation sites (tertiary alicyclic amines) is 1. The number of hydrogen-bond acceptors (Lipinski definition) is 2. The van der Waals surface area contributed by atoms with Crippen molar-refractivity contribution in [2.75, 3.05) is 19.6 Å². The van der Waals surface area contributed by atoms with Gasteiger partial charge in [-0.05, 0) is 57.5 Å². The highest BCUT2D eigenvalue weighted by Crippen LogP contribution is 2.37. The lowest BCUT2D eigenvalue weighted by Crippen LogP contribution is -2.54.